The first-order valence-electron chi connectivity index (χ1n) is 7.80. The van der Waals surface area contributed by atoms with Crippen LogP contribution >= 0.6 is 0 Å². The summed E-state index contributed by atoms with van der Waals surface area (Å²) in [5.74, 6) is 3.69. The van der Waals surface area contributed by atoms with Crippen molar-refractivity contribution in [3.63, 3.8) is 0 Å². The van der Waals surface area contributed by atoms with E-state index in [0.29, 0.717) is 5.92 Å². The summed E-state index contributed by atoms with van der Waals surface area (Å²) in [6.45, 7) is 15.5. The van der Waals surface area contributed by atoms with Gasteiger partial charge in [0.15, 0.2) is 0 Å². The fourth-order valence-corrected chi connectivity index (χ4v) is 3.29. The highest BCUT2D eigenvalue weighted by Gasteiger charge is 2.34. The van der Waals surface area contributed by atoms with Gasteiger partial charge >= 0.3 is 0 Å². The zero-order chi connectivity index (χ0) is 15.4. The van der Waals surface area contributed by atoms with Gasteiger partial charge in [-0.3, -0.25) is 0 Å². The van der Waals surface area contributed by atoms with Crippen molar-refractivity contribution in [2.24, 2.45) is 11.8 Å². The highest BCUT2D eigenvalue weighted by atomic mass is 28.3. The Morgan fingerprint density at radius 2 is 1.75 bits per heavy atom. The molecule has 20 heavy (non-hydrogen) atoms. The van der Waals surface area contributed by atoms with E-state index in [-0.39, 0.29) is 11.0 Å². The van der Waals surface area contributed by atoms with Gasteiger partial charge in [-0.1, -0.05) is 65.6 Å². The summed E-state index contributed by atoms with van der Waals surface area (Å²) in [6, 6.07) is 2.46. The Bertz CT molecular complexity index is 445. The van der Waals surface area contributed by atoms with Gasteiger partial charge in [0.1, 0.15) is 8.07 Å². The van der Waals surface area contributed by atoms with E-state index in [1.165, 1.54) is 32.1 Å². The van der Waals surface area contributed by atoms with Crippen LogP contribution in [0.3, 0.4) is 0 Å². The van der Waals surface area contributed by atoms with Crippen LogP contribution < -0.4 is 0 Å². The molecule has 0 saturated heterocycles. The summed E-state index contributed by atoms with van der Waals surface area (Å²) in [5.41, 5.74) is 4.34. The Labute approximate surface area is 126 Å². The molecule has 0 aliphatic heterocycles. The van der Waals surface area contributed by atoms with Crippen LogP contribution in [0.4, 0.5) is 0 Å². The zero-order valence-electron chi connectivity index (χ0n) is 13.8. The zero-order valence-corrected chi connectivity index (χ0v) is 14.8. The summed E-state index contributed by atoms with van der Waals surface area (Å²) in [4.78, 5) is 0. The topological polar surface area (TPSA) is 23.8 Å². The van der Waals surface area contributed by atoms with Crippen molar-refractivity contribution in [1.82, 2.24) is 0 Å². The Hall–Kier alpha value is -0.993. The summed E-state index contributed by atoms with van der Waals surface area (Å²) < 4.78 is 0. The Morgan fingerprint density at radius 1 is 1.20 bits per heavy atom. The fourth-order valence-electron chi connectivity index (χ4n) is 2.44. The highest BCUT2D eigenvalue weighted by Crippen LogP contribution is 2.36. The van der Waals surface area contributed by atoms with E-state index >= 15 is 0 Å². The predicted octanol–water partition coefficient (Wildman–Crippen LogP) is 5.31. The smallest absolute Gasteiger partial charge is 0.138 e. The van der Waals surface area contributed by atoms with Gasteiger partial charge in [0.05, 0.1) is 12.0 Å². The molecule has 0 aromatic heterocycles. The van der Waals surface area contributed by atoms with Crippen LogP contribution in [-0.4, -0.2) is 8.07 Å². The predicted molar refractivity (Wildman–Crippen MR) is 89.8 cm³/mol. The van der Waals surface area contributed by atoms with Crippen LogP contribution in [0.25, 0.3) is 0 Å². The molecule has 0 N–H and O–H groups in total. The Kier molecular flexibility index (Phi) is 5.66. The molecule has 0 radical (unpaired) electrons. The molecular formula is C18H29NSi. The molecule has 1 atom stereocenters. The minimum atomic E-state index is -1.61. The SMILES string of the molecule is C=C(C#C[Si](C)(C)C(C)(C)C)C(C#N)C1CCCCC1. The van der Waals surface area contributed by atoms with E-state index in [0.717, 1.165) is 5.57 Å². The fraction of sp³-hybridized carbons (Fsp3) is 0.722. The molecule has 1 rings (SSSR count). The van der Waals surface area contributed by atoms with Crippen molar-refractivity contribution >= 4 is 8.07 Å². The molecule has 0 amide bonds. The molecule has 0 bridgehead atoms. The number of nitriles is 1. The number of hydrogen-bond donors (Lipinski definition) is 0. The van der Waals surface area contributed by atoms with E-state index < -0.39 is 8.07 Å². The Morgan fingerprint density at radius 3 is 2.20 bits per heavy atom. The summed E-state index contributed by atoms with van der Waals surface area (Å²) in [7, 11) is -1.61. The van der Waals surface area contributed by atoms with Crippen LogP contribution in [0.15, 0.2) is 12.2 Å². The molecule has 110 valence electrons. The molecule has 0 aromatic rings. The monoisotopic (exact) mass is 287 g/mol. The third kappa shape index (κ3) is 4.25. The van der Waals surface area contributed by atoms with E-state index in [2.05, 4.69) is 58.0 Å². The summed E-state index contributed by atoms with van der Waals surface area (Å²) in [5, 5.41) is 9.73. The van der Waals surface area contributed by atoms with Gasteiger partial charge in [0.25, 0.3) is 0 Å². The molecule has 1 unspecified atom stereocenters. The summed E-state index contributed by atoms with van der Waals surface area (Å²) >= 11 is 0. The quantitative estimate of drug-likeness (QED) is 0.498. The maximum Gasteiger partial charge on any atom is 0.138 e. The van der Waals surface area contributed by atoms with Crippen molar-refractivity contribution in [2.45, 2.75) is 71.0 Å². The number of nitrogens with zero attached hydrogens (tertiary/aromatic N) is 1. The lowest BCUT2D eigenvalue weighted by Crippen LogP contribution is -2.35. The van der Waals surface area contributed by atoms with Crippen molar-refractivity contribution in [1.29, 1.82) is 5.26 Å². The van der Waals surface area contributed by atoms with Crippen molar-refractivity contribution in [3.05, 3.63) is 12.2 Å². The molecular weight excluding hydrogens is 258 g/mol. The first kappa shape index (κ1) is 17.1. The van der Waals surface area contributed by atoms with Crippen LogP contribution in [0.2, 0.25) is 18.1 Å². The van der Waals surface area contributed by atoms with Gasteiger partial charge in [-0.25, -0.2) is 0 Å². The average molecular weight is 288 g/mol. The molecule has 1 aliphatic rings. The lowest BCUT2D eigenvalue weighted by molar-refractivity contribution is 0.318. The summed E-state index contributed by atoms with van der Waals surface area (Å²) in [6.07, 6.45) is 6.16. The molecule has 0 aromatic carbocycles. The van der Waals surface area contributed by atoms with Gasteiger partial charge in [-0.2, -0.15) is 5.26 Å². The first-order valence-corrected chi connectivity index (χ1v) is 10.8. The minimum Gasteiger partial charge on any atom is -0.198 e. The standard InChI is InChI=1S/C18H29NSi/c1-15(12-13-20(5,6)18(2,3)4)17(14-19)16-10-8-7-9-11-16/h16-17H,1,7-11H2,2-6H3. The molecule has 2 heteroatoms. The normalized spacial score (nSPS) is 18.6. The van der Waals surface area contributed by atoms with Gasteiger partial charge < -0.3 is 0 Å². The van der Waals surface area contributed by atoms with Gasteiger partial charge in [-0.15, -0.1) is 5.54 Å². The second-order valence-corrected chi connectivity index (χ2v) is 12.7. The lowest BCUT2D eigenvalue weighted by atomic mass is 9.78. The largest absolute Gasteiger partial charge is 0.198 e. The number of rotatable bonds is 2. The van der Waals surface area contributed by atoms with E-state index in [1.807, 2.05) is 0 Å². The molecule has 1 nitrogen and oxygen atoms in total. The van der Waals surface area contributed by atoms with Crippen molar-refractivity contribution in [3.8, 4) is 17.5 Å². The number of hydrogen-bond acceptors (Lipinski definition) is 1. The van der Waals surface area contributed by atoms with Crippen LogP contribution in [-0.2, 0) is 0 Å². The Balaban J connectivity index is 2.82. The molecule has 1 fully saturated rings. The first-order chi connectivity index (χ1) is 9.19. The second-order valence-electron chi connectivity index (χ2n) is 7.66. The van der Waals surface area contributed by atoms with Gasteiger partial charge in [-0.05, 0) is 23.8 Å². The molecule has 1 saturated carbocycles. The van der Waals surface area contributed by atoms with Crippen molar-refractivity contribution < 1.29 is 0 Å². The van der Waals surface area contributed by atoms with E-state index in [1.54, 1.807) is 0 Å². The maximum atomic E-state index is 9.47. The van der Waals surface area contributed by atoms with Crippen LogP contribution in [0.1, 0.15) is 52.9 Å². The van der Waals surface area contributed by atoms with Gasteiger partial charge in [0, 0.05) is 5.57 Å². The van der Waals surface area contributed by atoms with Crippen molar-refractivity contribution in [2.75, 3.05) is 0 Å². The van der Waals surface area contributed by atoms with E-state index in [4.69, 9.17) is 0 Å². The molecule has 0 heterocycles. The van der Waals surface area contributed by atoms with E-state index in [9.17, 15) is 5.26 Å². The average Bonchev–Trinajstić information content (AvgIpc) is 2.37. The maximum absolute atomic E-state index is 9.47. The molecule has 1 aliphatic carbocycles. The highest BCUT2D eigenvalue weighted by molar-refractivity contribution is 6.87. The van der Waals surface area contributed by atoms with Crippen LogP contribution in [0.5, 0.6) is 0 Å². The lowest BCUT2D eigenvalue weighted by Gasteiger charge is -2.31. The third-order valence-electron chi connectivity index (χ3n) is 5.05. The third-order valence-corrected chi connectivity index (χ3v) is 9.55. The molecule has 0 spiro atoms. The minimum absolute atomic E-state index is 0.0624. The second kappa shape index (κ2) is 6.64. The van der Waals surface area contributed by atoms with Gasteiger partial charge in [0.2, 0.25) is 0 Å². The number of allylic oxidation sites excluding steroid dienone is 1. The van der Waals surface area contributed by atoms with Crippen LogP contribution in [0, 0.1) is 34.6 Å².